The Balaban J connectivity index is 0.000000226. The average molecular weight is 238 g/mol. The van der Waals surface area contributed by atoms with Crippen molar-refractivity contribution in [1.29, 1.82) is 0 Å². The van der Waals surface area contributed by atoms with E-state index in [9.17, 15) is 4.39 Å². The van der Waals surface area contributed by atoms with Gasteiger partial charge < -0.3 is 0 Å². The van der Waals surface area contributed by atoms with E-state index in [1.165, 1.54) is 12.1 Å². The van der Waals surface area contributed by atoms with Gasteiger partial charge in [0.15, 0.2) is 0 Å². The van der Waals surface area contributed by atoms with Gasteiger partial charge in [0, 0.05) is 0 Å². The Morgan fingerprint density at radius 3 is 1.77 bits per heavy atom. The van der Waals surface area contributed by atoms with E-state index in [4.69, 9.17) is 0 Å². The summed E-state index contributed by atoms with van der Waals surface area (Å²) in [7, 11) is 7.81. The van der Waals surface area contributed by atoms with Crippen LogP contribution in [0, 0.1) is 5.82 Å². The summed E-state index contributed by atoms with van der Waals surface area (Å²) in [6.07, 6.45) is 0. The molecular weight excluding hydrogens is 227 g/mol. The molecule has 0 spiro atoms. The smallest absolute Gasteiger partial charge is 0.123 e. The summed E-state index contributed by atoms with van der Waals surface area (Å²) < 4.78 is 21.2. The Hall–Kier alpha value is 0.00429. The SMILES string of the molecule is C[O][Ti](=[S])[O]C.Fc1ccccc1. The van der Waals surface area contributed by atoms with Gasteiger partial charge in [0.05, 0.1) is 0 Å². The van der Waals surface area contributed by atoms with Crippen LogP contribution in [0.5, 0.6) is 0 Å². The van der Waals surface area contributed by atoms with Crippen molar-refractivity contribution in [3.63, 3.8) is 0 Å². The van der Waals surface area contributed by atoms with Crippen LogP contribution >= 0.6 is 9.70 Å². The Morgan fingerprint density at radius 1 is 1.15 bits per heavy atom. The van der Waals surface area contributed by atoms with Gasteiger partial charge in [0.1, 0.15) is 5.82 Å². The third-order valence-corrected chi connectivity index (χ3v) is 3.48. The van der Waals surface area contributed by atoms with Gasteiger partial charge in [-0.05, 0) is 12.1 Å². The number of halogens is 1. The monoisotopic (exact) mass is 238 g/mol. The van der Waals surface area contributed by atoms with Gasteiger partial charge in [0.2, 0.25) is 0 Å². The van der Waals surface area contributed by atoms with Crippen molar-refractivity contribution in [3.05, 3.63) is 36.1 Å². The predicted octanol–water partition coefficient (Wildman–Crippen LogP) is 2.67. The molecule has 1 aromatic rings. The Kier molecular flexibility index (Phi) is 8.60. The van der Waals surface area contributed by atoms with Crippen LogP contribution in [0.1, 0.15) is 0 Å². The van der Waals surface area contributed by atoms with Crippen LogP contribution in [0.15, 0.2) is 30.3 Å². The average Bonchev–Trinajstić information content (AvgIpc) is 2.19. The first kappa shape index (κ1) is 13.0. The zero-order valence-corrected chi connectivity index (χ0v) is 9.87. The molecule has 0 aliphatic carbocycles. The molecule has 0 aromatic heterocycles. The topological polar surface area (TPSA) is 18.5 Å². The van der Waals surface area contributed by atoms with Crippen LogP contribution in [0.25, 0.3) is 0 Å². The van der Waals surface area contributed by atoms with Gasteiger partial charge in [-0.25, -0.2) is 4.39 Å². The Morgan fingerprint density at radius 2 is 1.62 bits per heavy atom. The van der Waals surface area contributed by atoms with E-state index >= 15 is 0 Å². The molecule has 1 rings (SSSR count). The molecule has 0 saturated carbocycles. The van der Waals surface area contributed by atoms with Gasteiger partial charge in [-0.15, -0.1) is 0 Å². The number of hydrogen-bond acceptors (Lipinski definition) is 3. The zero-order valence-electron chi connectivity index (χ0n) is 7.49. The van der Waals surface area contributed by atoms with Crippen molar-refractivity contribution in [2.45, 2.75) is 0 Å². The fourth-order valence-corrected chi connectivity index (χ4v) is 0.758. The number of hydrogen-bond donors (Lipinski definition) is 0. The summed E-state index contributed by atoms with van der Waals surface area (Å²) in [5.41, 5.74) is 0. The molecule has 0 amide bonds. The molecule has 13 heavy (non-hydrogen) atoms. The first-order valence-corrected chi connectivity index (χ1v) is 7.12. The third kappa shape index (κ3) is 8.34. The fraction of sp³-hybridized carbons (Fsp3) is 0.250. The number of benzene rings is 1. The van der Waals surface area contributed by atoms with E-state index in [0.717, 1.165) is 0 Å². The van der Waals surface area contributed by atoms with Crippen molar-refractivity contribution in [1.82, 2.24) is 0 Å². The maximum Gasteiger partial charge on any atom is 0.123 e. The number of rotatable bonds is 2. The predicted molar refractivity (Wildman–Crippen MR) is 48.0 cm³/mol. The van der Waals surface area contributed by atoms with Gasteiger partial charge >= 0.3 is 47.4 Å². The second kappa shape index (κ2) is 8.60. The molecule has 0 aliphatic heterocycles. The van der Waals surface area contributed by atoms with E-state index in [2.05, 4.69) is 16.3 Å². The van der Waals surface area contributed by atoms with Crippen LogP contribution in [-0.4, -0.2) is 14.2 Å². The molecule has 2 nitrogen and oxygen atoms in total. The van der Waals surface area contributed by atoms with E-state index in [1.807, 2.05) is 0 Å². The maximum atomic E-state index is 11.9. The molecular formula is C8H11FO2STi. The molecule has 72 valence electrons. The second-order valence-corrected chi connectivity index (χ2v) is 5.38. The summed E-state index contributed by atoms with van der Waals surface area (Å²) in [6, 6.07) is 7.94. The quantitative estimate of drug-likeness (QED) is 0.738. The van der Waals surface area contributed by atoms with E-state index < -0.39 is 16.8 Å². The van der Waals surface area contributed by atoms with Crippen molar-refractivity contribution >= 4 is 9.70 Å². The molecule has 0 unspecified atom stereocenters. The molecule has 0 saturated heterocycles. The first-order valence-electron chi connectivity index (χ1n) is 3.53. The fourth-order valence-electron chi connectivity index (χ4n) is 0.498. The van der Waals surface area contributed by atoms with E-state index in [1.54, 1.807) is 32.4 Å². The molecule has 5 heteroatoms. The van der Waals surface area contributed by atoms with Gasteiger partial charge in [-0.3, -0.25) is 0 Å². The molecule has 0 bridgehead atoms. The molecule has 1 aromatic carbocycles. The molecule has 0 N–H and O–H groups in total. The summed E-state index contributed by atoms with van der Waals surface area (Å²) in [5.74, 6) is -0.178. The Bertz CT molecular complexity index is 237. The Labute approximate surface area is 87.8 Å². The summed E-state index contributed by atoms with van der Waals surface area (Å²) in [5, 5.41) is 0. The molecule has 0 atom stereocenters. The minimum Gasteiger partial charge on any atom is -0.207 e. The maximum absolute atomic E-state index is 11.9. The molecule has 0 fully saturated rings. The van der Waals surface area contributed by atoms with Gasteiger partial charge in [-0.2, -0.15) is 0 Å². The van der Waals surface area contributed by atoms with Gasteiger partial charge in [0.25, 0.3) is 0 Å². The van der Waals surface area contributed by atoms with Crippen LogP contribution in [0.2, 0.25) is 0 Å². The minimum atomic E-state index is -1.80. The third-order valence-electron chi connectivity index (χ3n) is 1.07. The van der Waals surface area contributed by atoms with Crippen LogP contribution < -0.4 is 0 Å². The summed E-state index contributed by atoms with van der Waals surface area (Å²) in [4.78, 5) is 0. The molecule has 0 heterocycles. The van der Waals surface area contributed by atoms with Crippen molar-refractivity contribution < 1.29 is 27.8 Å². The van der Waals surface area contributed by atoms with Crippen LogP contribution in [0.3, 0.4) is 0 Å². The summed E-state index contributed by atoms with van der Waals surface area (Å²) in [6.45, 7) is 0. The second-order valence-electron chi connectivity index (χ2n) is 1.95. The molecule has 0 aliphatic rings. The first-order chi connectivity index (χ1) is 6.20. The van der Waals surface area contributed by atoms with Crippen LogP contribution in [0.4, 0.5) is 4.39 Å². The van der Waals surface area contributed by atoms with E-state index in [-0.39, 0.29) is 5.82 Å². The van der Waals surface area contributed by atoms with Crippen LogP contribution in [-0.2, 0) is 23.4 Å². The minimum absolute atomic E-state index is 0.178. The van der Waals surface area contributed by atoms with Crippen molar-refractivity contribution in [3.8, 4) is 0 Å². The normalized spacial score (nSPS) is 8.54. The standard InChI is InChI=1S/C6H5F.2CH3O.S.Ti/c7-6-4-2-1-3-5-6;2*1-2;;/h1-5H;2*1H3;;/q;2*-1;;+2. The van der Waals surface area contributed by atoms with E-state index in [0.29, 0.717) is 0 Å². The van der Waals surface area contributed by atoms with Crippen molar-refractivity contribution in [2.24, 2.45) is 0 Å². The molecule has 0 radical (unpaired) electrons. The van der Waals surface area contributed by atoms with Gasteiger partial charge in [-0.1, -0.05) is 18.2 Å². The largest absolute Gasteiger partial charge is 0.207 e. The zero-order chi connectivity index (χ0) is 10.1. The summed E-state index contributed by atoms with van der Waals surface area (Å²) >= 11 is -1.80. The van der Waals surface area contributed by atoms with Crippen molar-refractivity contribution in [2.75, 3.05) is 14.2 Å².